The van der Waals surface area contributed by atoms with Crippen molar-refractivity contribution in [1.82, 2.24) is 0 Å². The molecule has 1 aromatic rings. The summed E-state index contributed by atoms with van der Waals surface area (Å²) in [6.07, 6.45) is 5.00. The highest BCUT2D eigenvalue weighted by Crippen LogP contribution is 2.35. The lowest BCUT2D eigenvalue weighted by Gasteiger charge is -2.38. The second kappa shape index (κ2) is 6.15. The van der Waals surface area contributed by atoms with Crippen LogP contribution in [0.4, 0.5) is 5.69 Å². The third kappa shape index (κ3) is 3.43. The van der Waals surface area contributed by atoms with Crippen molar-refractivity contribution in [2.45, 2.75) is 44.1 Å². The van der Waals surface area contributed by atoms with Crippen LogP contribution in [-0.4, -0.2) is 16.6 Å². The number of nitriles is 1. The number of benzene rings is 1. The molecule has 106 valence electrons. The normalized spacial score (nSPS) is 17.2. The van der Waals surface area contributed by atoms with Crippen LogP contribution in [0.2, 0.25) is 5.02 Å². The number of rotatable bonds is 4. The Balaban J connectivity index is 2.21. The third-order valence-electron chi connectivity index (χ3n) is 3.80. The fraction of sp³-hybridized carbons (Fsp3) is 0.467. The molecule has 0 aromatic heterocycles. The standard InChI is InChI=1S/C15H17ClN2O2/c16-13-8-12(5-4-11(13)10-17)18-15(9-14(19)20)6-2-1-3-7-15/h4-5,8,18H,1-3,6-7,9H2,(H,19,20). The zero-order chi connectivity index (χ0) is 14.6. The Morgan fingerprint density at radius 3 is 2.65 bits per heavy atom. The van der Waals surface area contributed by atoms with Gasteiger partial charge in [0.05, 0.1) is 17.0 Å². The maximum atomic E-state index is 11.1. The molecule has 0 aliphatic heterocycles. The van der Waals surface area contributed by atoms with Crippen LogP contribution in [0.25, 0.3) is 0 Å². The summed E-state index contributed by atoms with van der Waals surface area (Å²) < 4.78 is 0. The number of carboxylic acids is 1. The summed E-state index contributed by atoms with van der Waals surface area (Å²) in [4.78, 5) is 11.1. The predicted molar refractivity (Wildman–Crippen MR) is 77.9 cm³/mol. The van der Waals surface area contributed by atoms with E-state index >= 15 is 0 Å². The number of hydrogen-bond acceptors (Lipinski definition) is 3. The van der Waals surface area contributed by atoms with Crippen LogP contribution in [0.15, 0.2) is 18.2 Å². The molecule has 4 nitrogen and oxygen atoms in total. The van der Waals surface area contributed by atoms with Crippen LogP contribution in [0.3, 0.4) is 0 Å². The molecule has 0 radical (unpaired) electrons. The smallest absolute Gasteiger partial charge is 0.305 e. The molecule has 0 atom stereocenters. The Bertz CT molecular complexity index is 545. The molecular formula is C15H17ClN2O2. The fourth-order valence-corrected chi connectivity index (χ4v) is 3.08. The highest BCUT2D eigenvalue weighted by molar-refractivity contribution is 6.32. The Kier molecular flexibility index (Phi) is 4.51. The van der Waals surface area contributed by atoms with Gasteiger partial charge in [-0.3, -0.25) is 4.79 Å². The summed E-state index contributed by atoms with van der Waals surface area (Å²) in [5, 5.41) is 21.7. The number of halogens is 1. The first-order valence-electron chi connectivity index (χ1n) is 6.74. The topological polar surface area (TPSA) is 73.1 Å². The summed E-state index contributed by atoms with van der Waals surface area (Å²) >= 11 is 6.02. The average Bonchev–Trinajstić information content (AvgIpc) is 2.39. The second-order valence-corrected chi connectivity index (χ2v) is 5.75. The van der Waals surface area contributed by atoms with Gasteiger partial charge in [0.1, 0.15) is 6.07 Å². The van der Waals surface area contributed by atoms with Gasteiger partial charge < -0.3 is 10.4 Å². The molecule has 5 heteroatoms. The van der Waals surface area contributed by atoms with Crippen molar-refractivity contribution in [2.75, 3.05) is 5.32 Å². The Labute approximate surface area is 123 Å². The van der Waals surface area contributed by atoms with E-state index < -0.39 is 11.5 Å². The monoisotopic (exact) mass is 292 g/mol. The van der Waals surface area contributed by atoms with Gasteiger partial charge in [-0.2, -0.15) is 5.26 Å². The number of hydrogen-bond donors (Lipinski definition) is 2. The van der Waals surface area contributed by atoms with Gasteiger partial charge in [0.15, 0.2) is 0 Å². The van der Waals surface area contributed by atoms with Crippen LogP contribution < -0.4 is 5.32 Å². The molecule has 2 N–H and O–H groups in total. The van der Waals surface area contributed by atoms with Gasteiger partial charge in [-0.15, -0.1) is 0 Å². The van der Waals surface area contributed by atoms with Gasteiger partial charge in [0.2, 0.25) is 0 Å². The predicted octanol–water partition coefficient (Wildman–Crippen LogP) is 3.80. The van der Waals surface area contributed by atoms with Crippen molar-refractivity contribution in [2.24, 2.45) is 0 Å². The first-order valence-corrected chi connectivity index (χ1v) is 7.12. The number of nitrogens with zero attached hydrogens (tertiary/aromatic N) is 1. The van der Waals surface area contributed by atoms with E-state index in [1.807, 2.05) is 6.07 Å². The van der Waals surface area contributed by atoms with E-state index in [1.165, 1.54) is 0 Å². The van der Waals surface area contributed by atoms with Crippen LogP contribution in [0.1, 0.15) is 44.1 Å². The van der Waals surface area contributed by atoms with Gasteiger partial charge in [-0.25, -0.2) is 0 Å². The summed E-state index contributed by atoms with van der Waals surface area (Å²) in [6.45, 7) is 0. The molecule has 1 fully saturated rings. The van der Waals surface area contributed by atoms with E-state index in [-0.39, 0.29) is 6.42 Å². The zero-order valence-corrected chi connectivity index (χ0v) is 11.9. The minimum Gasteiger partial charge on any atom is -0.481 e. The Hall–Kier alpha value is -1.73. The minimum absolute atomic E-state index is 0.102. The molecule has 0 unspecified atom stereocenters. The van der Waals surface area contributed by atoms with E-state index in [4.69, 9.17) is 22.0 Å². The van der Waals surface area contributed by atoms with Crippen molar-refractivity contribution in [1.29, 1.82) is 5.26 Å². The lowest BCUT2D eigenvalue weighted by molar-refractivity contribution is -0.138. The van der Waals surface area contributed by atoms with Crippen molar-refractivity contribution in [3.05, 3.63) is 28.8 Å². The van der Waals surface area contributed by atoms with E-state index in [9.17, 15) is 4.79 Å². The molecule has 1 aliphatic rings. The van der Waals surface area contributed by atoms with Gasteiger partial charge in [0, 0.05) is 11.2 Å². The summed E-state index contributed by atoms with van der Waals surface area (Å²) in [5.74, 6) is -0.792. The second-order valence-electron chi connectivity index (χ2n) is 5.34. The number of aliphatic carboxylic acids is 1. The van der Waals surface area contributed by atoms with Crippen LogP contribution in [0, 0.1) is 11.3 Å². The number of anilines is 1. The minimum atomic E-state index is -0.792. The van der Waals surface area contributed by atoms with Gasteiger partial charge in [0.25, 0.3) is 0 Å². The molecule has 0 bridgehead atoms. The van der Waals surface area contributed by atoms with E-state index in [1.54, 1.807) is 18.2 Å². The average molecular weight is 293 g/mol. The molecule has 2 rings (SSSR count). The first-order chi connectivity index (χ1) is 9.54. The van der Waals surface area contributed by atoms with E-state index in [0.29, 0.717) is 10.6 Å². The summed E-state index contributed by atoms with van der Waals surface area (Å²) in [7, 11) is 0. The molecular weight excluding hydrogens is 276 g/mol. The lowest BCUT2D eigenvalue weighted by atomic mass is 9.79. The maximum absolute atomic E-state index is 11.1. The van der Waals surface area contributed by atoms with Crippen molar-refractivity contribution in [3.63, 3.8) is 0 Å². The highest BCUT2D eigenvalue weighted by Gasteiger charge is 2.34. The molecule has 0 heterocycles. The van der Waals surface area contributed by atoms with Crippen LogP contribution in [0.5, 0.6) is 0 Å². The number of nitrogens with one attached hydrogen (secondary N) is 1. The van der Waals surface area contributed by atoms with Crippen molar-refractivity contribution in [3.8, 4) is 6.07 Å². The van der Waals surface area contributed by atoms with Crippen molar-refractivity contribution < 1.29 is 9.90 Å². The van der Waals surface area contributed by atoms with E-state index in [2.05, 4.69) is 5.32 Å². The van der Waals surface area contributed by atoms with Gasteiger partial charge in [-0.1, -0.05) is 30.9 Å². The molecule has 1 aromatic carbocycles. The first kappa shape index (κ1) is 14.7. The van der Waals surface area contributed by atoms with Gasteiger partial charge >= 0.3 is 5.97 Å². The summed E-state index contributed by atoms with van der Waals surface area (Å²) in [6, 6.07) is 7.14. The molecule has 1 aliphatic carbocycles. The highest BCUT2D eigenvalue weighted by atomic mass is 35.5. The molecule has 0 amide bonds. The SMILES string of the molecule is N#Cc1ccc(NC2(CC(=O)O)CCCCC2)cc1Cl. The lowest BCUT2D eigenvalue weighted by Crippen LogP contribution is -2.42. The van der Waals surface area contributed by atoms with Gasteiger partial charge in [-0.05, 0) is 31.0 Å². The van der Waals surface area contributed by atoms with Crippen LogP contribution >= 0.6 is 11.6 Å². The molecule has 20 heavy (non-hydrogen) atoms. The Morgan fingerprint density at radius 2 is 2.10 bits per heavy atom. The fourth-order valence-electron chi connectivity index (χ4n) is 2.85. The molecule has 1 saturated carbocycles. The third-order valence-corrected chi connectivity index (χ3v) is 4.11. The Morgan fingerprint density at radius 1 is 1.40 bits per heavy atom. The van der Waals surface area contributed by atoms with E-state index in [0.717, 1.165) is 37.8 Å². The quantitative estimate of drug-likeness (QED) is 0.885. The number of carboxylic acid groups (broad SMARTS) is 1. The molecule has 0 spiro atoms. The maximum Gasteiger partial charge on any atom is 0.305 e. The van der Waals surface area contributed by atoms with Crippen LogP contribution in [-0.2, 0) is 4.79 Å². The molecule has 0 saturated heterocycles. The largest absolute Gasteiger partial charge is 0.481 e. The zero-order valence-electron chi connectivity index (χ0n) is 11.2. The number of carbonyl (C=O) groups is 1. The van der Waals surface area contributed by atoms with Crippen molar-refractivity contribution >= 4 is 23.3 Å². The summed E-state index contributed by atoms with van der Waals surface area (Å²) in [5.41, 5.74) is 0.798.